The van der Waals surface area contributed by atoms with Gasteiger partial charge in [-0.2, -0.15) is 5.26 Å². The van der Waals surface area contributed by atoms with Gasteiger partial charge in [0, 0.05) is 23.5 Å². The summed E-state index contributed by atoms with van der Waals surface area (Å²) >= 11 is 2.39. The topological polar surface area (TPSA) is 90.3 Å². The summed E-state index contributed by atoms with van der Waals surface area (Å²) in [5.74, 6) is -0.670. The second-order valence-corrected chi connectivity index (χ2v) is 7.27. The first-order valence-electron chi connectivity index (χ1n) is 7.66. The normalized spacial score (nSPS) is 15.3. The Balaban J connectivity index is 1.56. The Morgan fingerprint density at radius 2 is 2.00 bits per heavy atom. The lowest BCUT2D eigenvalue weighted by molar-refractivity contribution is -0.122. The Morgan fingerprint density at radius 3 is 2.65 bits per heavy atom. The Labute approximate surface area is 158 Å². The van der Waals surface area contributed by atoms with Crippen LogP contribution in [0.25, 0.3) is 6.08 Å². The molecule has 2 aromatic rings. The van der Waals surface area contributed by atoms with Gasteiger partial charge in [0.25, 0.3) is 17.1 Å². The molecule has 3 amide bonds. The number of thiophene rings is 1. The molecule has 0 radical (unpaired) electrons. The van der Waals surface area contributed by atoms with Crippen molar-refractivity contribution in [2.45, 2.75) is 0 Å². The van der Waals surface area contributed by atoms with Crippen LogP contribution in [0.15, 0.2) is 46.7 Å². The highest BCUT2D eigenvalue weighted by molar-refractivity contribution is 8.18. The molecule has 1 aliphatic rings. The average molecular weight is 383 g/mol. The minimum atomic E-state index is -0.346. The number of benzene rings is 1. The van der Waals surface area contributed by atoms with Crippen molar-refractivity contribution >= 4 is 46.2 Å². The smallest absolute Gasteiger partial charge is 0.293 e. The summed E-state index contributed by atoms with van der Waals surface area (Å²) in [5, 5.41) is 13.0. The van der Waals surface area contributed by atoms with E-state index in [1.165, 1.54) is 11.3 Å². The number of carbonyl (C=O) groups is 3. The van der Waals surface area contributed by atoms with Crippen LogP contribution >= 0.6 is 23.1 Å². The summed E-state index contributed by atoms with van der Waals surface area (Å²) in [6, 6.07) is 11.9. The number of rotatable bonds is 5. The number of amides is 3. The van der Waals surface area contributed by atoms with E-state index in [-0.39, 0.29) is 30.1 Å². The number of nitrogens with zero attached hydrogens (tertiary/aromatic N) is 2. The van der Waals surface area contributed by atoms with E-state index in [4.69, 9.17) is 5.26 Å². The van der Waals surface area contributed by atoms with Crippen molar-refractivity contribution in [1.82, 2.24) is 10.2 Å². The maximum atomic E-state index is 12.3. The Kier molecular flexibility index (Phi) is 5.51. The van der Waals surface area contributed by atoms with E-state index < -0.39 is 0 Å². The van der Waals surface area contributed by atoms with Crippen molar-refractivity contribution < 1.29 is 14.4 Å². The zero-order chi connectivity index (χ0) is 18.5. The van der Waals surface area contributed by atoms with Crippen LogP contribution in [0, 0.1) is 11.3 Å². The third-order valence-electron chi connectivity index (χ3n) is 3.59. The molecule has 1 aromatic carbocycles. The molecule has 2 heterocycles. The van der Waals surface area contributed by atoms with Crippen LogP contribution < -0.4 is 5.32 Å². The van der Waals surface area contributed by atoms with E-state index in [0.29, 0.717) is 16.0 Å². The van der Waals surface area contributed by atoms with Gasteiger partial charge in [-0.05, 0) is 53.5 Å². The third-order valence-corrected chi connectivity index (χ3v) is 5.31. The maximum Gasteiger partial charge on any atom is 0.293 e. The lowest BCUT2D eigenvalue weighted by Crippen LogP contribution is -2.37. The van der Waals surface area contributed by atoms with E-state index >= 15 is 0 Å². The van der Waals surface area contributed by atoms with Gasteiger partial charge in [-0.3, -0.25) is 19.3 Å². The minimum absolute atomic E-state index is 0.106. The van der Waals surface area contributed by atoms with Crippen molar-refractivity contribution in [3.8, 4) is 6.07 Å². The molecule has 8 heteroatoms. The van der Waals surface area contributed by atoms with Crippen molar-refractivity contribution in [2.75, 3.05) is 13.1 Å². The van der Waals surface area contributed by atoms with Crippen LogP contribution in [-0.2, 0) is 4.79 Å². The van der Waals surface area contributed by atoms with Gasteiger partial charge in [0.15, 0.2) is 0 Å². The Bertz CT molecular complexity index is 912. The Hall–Kier alpha value is -2.89. The predicted octanol–water partition coefficient (Wildman–Crippen LogP) is 3.09. The molecule has 26 heavy (non-hydrogen) atoms. The number of carbonyl (C=O) groups excluding carboxylic acids is 3. The van der Waals surface area contributed by atoms with E-state index in [0.717, 1.165) is 21.5 Å². The molecule has 3 rings (SSSR count). The molecule has 0 bridgehead atoms. The van der Waals surface area contributed by atoms with Gasteiger partial charge in [-0.1, -0.05) is 6.07 Å². The van der Waals surface area contributed by atoms with Crippen molar-refractivity contribution in [1.29, 1.82) is 5.26 Å². The zero-order valence-electron chi connectivity index (χ0n) is 13.5. The highest BCUT2D eigenvalue weighted by Gasteiger charge is 2.34. The molecule has 0 spiro atoms. The maximum absolute atomic E-state index is 12.3. The first-order chi connectivity index (χ1) is 12.6. The lowest BCUT2D eigenvalue weighted by atomic mass is 10.1. The van der Waals surface area contributed by atoms with Gasteiger partial charge >= 0.3 is 0 Å². The molecule has 0 aliphatic carbocycles. The zero-order valence-corrected chi connectivity index (χ0v) is 15.1. The quantitative estimate of drug-likeness (QED) is 0.802. The average Bonchev–Trinajstić information content (AvgIpc) is 3.25. The van der Waals surface area contributed by atoms with Gasteiger partial charge in [0.1, 0.15) is 0 Å². The predicted molar refractivity (Wildman–Crippen MR) is 100 cm³/mol. The van der Waals surface area contributed by atoms with Crippen LogP contribution in [0.2, 0.25) is 0 Å². The molecule has 1 aliphatic heterocycles. The van der Waals surface area contributed by atoms with Gasteiger partial charge in [-0.15, -0.1) is 11.3 Å². The van der Waals surface area contributed by atoms with E-state index in [2.05, 4.69) is 5.32 Å². The molecular formula is C18H13N3O3S2. The summed E-state index contributed by atoms with van der Waals surface area (Å²) in [6.07, 6.45) is 1.70. The number of imide groups is 1. The fourth-order valence-electron chi connectivity index (χ4n) is 2.27. The van der Waals surface area contributed by atoms with Crippen LogP contribution in [0.3, 0.4) is 0 Å². The molecule has 130 valence electrons. The van der Waals surface area contributed by atoms with Crippen LogP contribution in [0.4, 0.5) is 4.79 Å². The highest BCUT2D eigenvalue weighted by atomic mass is 32.2. The van der Waals surface area contributed by atoms with Crippen LogP contribution in [0.1, 0.15) is 20.8 Å². The van der Waals surface area contributed by atoms with Gasteiger partial charge in [0.2, 0.25) is 0 Å². The third kappa shape index (κ3) is 4.02. The SMILES string of the molecule is N#Cc1ccc(C(=O)NCCN2C(=O)S/C(=C/c3cccs3)C2=O)cc1. The molecule has 0 atom stereocenters. The highest BCUT2D eigenvalue weighted by Crippen LogP contribution is 2.32. The summed E-state index contributed by atoms with van der Waals surface area (Å²) < 4.78 is 0. The molecule has 0 saturated carbocycles. The van der Waals surface area contributed by atoms with Crippen LogP contribution in [0.5, 0.6) is 0 Å². The van der Waals surface area contributed by atoms with Crippen molar-refractivity contribution in [2.24, 2.45) is 0 Å². The molecule has 1 saturated heterocycles. The van der Waals surface area contributed by atoms with Crippen LogP contribution in [-0.4, -0.2) is 35.0 Å². The molecule has 0 unspecified atom stereocenters. The minimum Gasteiger partial charge on any atom is -0.350 e. The van der Waals surface area contributed by atoms with Gasteiger partial charge in [0.05, 0.1) is 16.5 Å². The summed E-state index contributed by atoms with van der Waals surface area (Å²) in [4.78, 5) is 38.8. The van der Waals surface area contributed by atoms with E-state index in [1.54, 1.807) is 30.3 Å². The van der Waals surface area contributed by atoms with E-state index in [9.17, 15) is 14.4 Å². The molecule has 1 aromatic heterocycles. The first-order valence-corrected chi connectivity index (χ1v) is 9.35. The fraction of sp³-hybridized carbons (Fsp3) is 0.111. The fourth-order valence-corrected chi connectivity index (χ4v) is 3.86. The summed E-state index contributed by atoms with van der Waals surface area (Å²) in [6.45, 7) is 0.262. The van der Waals surface area contributed by atoms with Crippen molar-refractivity contribution in [3.05, 3.63) is 62.7 Å². The molecule has 6 nitrogen and oxygen atoms in total. The number of hydrogen-bond donors (Lipinski definition) is 1. The standard InChI is InChI=1S/C18H13N3O3S2/c19-11-12-3-5-13(6-4-12)16(22)20-7-8-21-17(23)15(26-18(21)24)10-14-2-1-9-25-14/h1-6,9-10H,7-8H2,(H,20,22)/b15-10+. The first kappa shape index (κ1) is 17.9. The number of nitrogens with one attached hydrogen (secondary N) is 1. The van der Waals surface area contributed by atoms with Gasteiger partial charge < -0.3 is 5.32 Å². The molecular weight excluding hydrogens is 370 g/mol. The second kappa shape index (κ2) is 7.99. The number of thioether (sulfide) groups is 1. The van der Waals surface area contributed by atoms with Crippen molar-refractivity contribution in [3.63, 3.8) is 0 Å². The number of nitriles is 1. The second-order valence-electron chi connectivity index (χ2n) is 5.29. The number of hydrogen-bond acceptors (Lipinski definition) is 6. The lowest BCUT2D eigenvalue weighted by Gasteiger charge is -2.13. The van der Waals surface area contributed by atoms with Gasteiger partial charge in [-0.25, -0.2) is 0 Å². The summed E-state index contributed by atoms with van der Waals surface area (Å²) in [5.41, 5.74) is 0.882. The largest absolute Gasteiger partial charge is 0.350 e. The molecule has 1 fully saturated rings. The monoisotopic (exact) mass is 383 g/mol. The summed E-state index contributed by atoms with van der Waals surface area (Å²) in [7, 11) is 0. The Morgan fingerprint density at radius 1 is 1.23 bits per heavy atom. The van der Waals surface area contributed by atoms with E-state index in [1.807, 2.05) is 23.6 Å². The molecule has 1 N–H and O–H groups in total.